The number of rotatable bonds is 24. The predicted molar refractivity (Wildman–Crippen MR) is 557 cm³/mol. The molecule has 10 aromatic heterocycles. The number of hydrogen-bond acceptors (Lipinski definition) is 26. The average Bonchev–Trinajstić information content (AvgIpc) is 1.62. The Morgan fingerprint density at radius 3 is 0.775 bits per heavy atom. The molecule has 0 radical (unpaired) electrons. The van der Waals surface area contributed by atoms with Crippen LogP contribution in [0.25, 0.3) is 145 Å². The summed E-state index contributed by atoms with van der Waals surface area (Å²) in [5, 5.41) is 57.9. The van der Waals surface area contributed by atoms with Crippen molar-refractivity contribution < 1.29 is 28.5 Å². The van der Waals surface area contributed by atoms with E-state index in [9.17, 15) is 9.59 Å². The summed E-state index contributed by atoms with van der Waals surface area (Å²) in [7, 11) is 6.55. The number of Topliss-reactive ketones (excluding diaryl/α,β-unsaturated/α-hetero) is 2. The lowest BCUT2D eigenvalue weighted by atomic mass is 10.0. The van der Waals surface area contributed by atoms with Crippen molar-refractivity contribution in [3.05, 3.63) is 382 Å². The maximum atomic E-state index is 11.9. The van der Waals surface area contributed by atoms with Gasteiger partial charge in [0, 0.05) is 44.6 Å². The molecule has 23 aromatic rings. The van der Waals surface area contributed by atoms with Gasteiger partial charge >= 0.3 is 0 Å². The highest BCUT2D eigenvalue weighted by atomic mass is 16.5. The summed E-state index contributed by atoms with van der Waals surface area (Å²) in [6.45, 7) is 3.09. The number of carbonyl (C=O) groups excluding carboxylic acids is 2. The number of nitrogens with one attached hydrogen (secondary N) is 10. The first-order valence-electron chi connectivity index (χ1n) is 45.0. The minimum Gasteiger partial charge on any atom is -0.495 e. The Kier molecular flexibility index (Phi) is 27.5. The van der Waals surface area contributed by atoms with Gasteiger partial charge < -0.3 is 45.5 Å². The number of nitrogens with zero attached hydrogens (tertiary/aromatic N) is 15. The molecular weight excluding hydrogens is 1780 g/mol. The minimum absolute atomic E-state index is 0.00210. The fourth-order valence-corrected chi connectivity index (χ4v) is 16.2. The lowest BCUT2D eigenvalue weighted by Crippen LogP contribution is -1.99. The average molecular weight is 1870 g/mol. The van der Waals surface area contributed by atoms with E-state index in [1.54, 1.807) is 54.4 Å². The van der Waals surface area contributed by atoms with Crippen LogP contribution in [-0.2, 0) is 0 Å². The molecule has 0 fully saturated rings. The summed E-state index contributed by atoms with van der Waals surface area (Å²) in [5.41, 5.74) is 23.9. The molecular formula is C111H89N25O6. The summed E-state index contributed by atoms with van der Waals surface area (Å²) in [4.78, 5) is 67.3. The number of H-pyrrole nitrogens is 5. The smallest absolute Gasteiger partial charge is 0.186 e. The van der Waals surface area contributed by atoms with Crippen molar-refractivity contribution in [3.8, 4) is 113 Å². The van der Waals surface area contributed by atoms with Gasteiger partial charge in [0.05, 0.1) is 107 Å². The van der Waals surface area contributed by atoms with Crippen LogP contribution in [0.15, 0.2) is 371 Å². The van der Waals surface area contributed by atoms with Gasteiger partial charge in [-0.05, 0) is 120 Å². The maximum absolute atomic E-state index is 11.9. The van der Waals surface area contributed by atoms with Crippen molar-refractivity contribution in [2.75, 3.05) is 55.0 Å². The van der Waals surface area contributed by atoms with Crippen LogP contribution in [0.4, 0.5) is 57.5 Å². The molecule has 0 atom stereocenters. The lowest BCUT2D eigenvalue weighted by Gasteiger charge is -2.13. The number of anilines is 10. The summed E-state index contributed by atoms with van der Waals surface area (Å²) in [5.74, 6) is 6.11. The van der Waals surface area contributed by atoms with E-state index in [-0.39, 0.29) is 11.6 Å². The van der Waals surface area contributed by atoms with Crippen LogP contribution >= 0.6 is 0 Å². The number of carbonyl (C=O) groups is 2. The van der Waals surface area contributed by atoms with Gasteiger partial charge in [-0.3, -0.25) is 35.1 Å². The fourth-order valence-electron chi connectivity index (χ4n) is 16.2. The zero-order valence-corrected chi connectivity index (χ0v) is 77.4. The molecule has 0 aliphatic rings. The number of hydrogen-bond donors (Lipinski definition) is 10. The Hall–Kier alpha value is -19.8. The van der Waals surface area contributed by atoms with Gasteiger partial charge in [-0.1, -0.05) is 267 Å². The number of ether oxygens (including phenoxy) is 4. The highest BCUT2D eigenvalue weighted by Crippen LogP contribution is 2.43. The molecule has 0 saturated carbocycles. The second kappa shape index (κ2) is 42.8. The quantitative estimate of drug-likeness (QED) is 0.0251. The SMILES string of the molecule is COc1ccc(-c2ccccc2)cc1Nc1ncnc2n[nH]c(-c3cccc(C(C)=O)c3)c12.COc1ccc(-c2ccccc2)cc1Nc1ncnc2n[nH]c(-c3ccccc3)c12.COc1ccccc1Nc1ncnc2n[nH]c(-c3cccc(C(C)=O)c3)c12.COc1ccccc1Nc1ncnc2n[nH]c(-c3ccccc3)c12.c1ccc(-c2cccc(Nc3ncnc4n[nH]c(-c5ccccc5)c34)c2)cc1. The highest BCUT2D eigenvalue weighted by Gasteiger charge is 2.24. The van der Waals surface area contributed by atoms with E-state index in [0.29, 0.717) is 74.1 Å². The third kappa shape index (κ3) is 20.4. The number of ketones is 2. The largest absolute Gasteiger partial charge is 0.495 e. The second-order valence-electron chi connectivity index (χ2n) is 32.0. The van der Waals surface area contributed by atoms with Crippen molar-refractivity contribution in [3.63, 3.8) is 0 Å². The molecule has 0 spiro atoms. The summed E-state index contributed by atoms with van der Waals surface area (Å²) in [6, 6.07) is 111. The normalized spacial score (nSPS) is 10.8. The van der Waals surface area contributed by atoms with Crippen molar-refractivity contribution in [2.45, 2.75) is 13.8 Å². The molecule has 0 aliphatic heterocycles. The Morgan fingerprint density at radius 1 is 0.218 bits per heavy atom. The van der Waals surface area contributed by atoms with Crippen LogP contribution in [-0.4, -0.2) is 141 Å². The van der Waals surface area contributed by atoms with Gasteiger partial charge in [0.1, 0.15) is 83.7 Å². The number of fused-ring (bicyclic) bond motifs is 5. The highest BCUT2D eigenvalue weighted by molar-refractivity contribution is 6.06. The molecule has 10 N–H and O–H groups in total. The predicted octanol–water partition coefficient (Wildman–Crippen LogP) is 24.3. The van der Waals surface area contributed by atoms with Gasteiger partial charge in [-0.2, -0.15) is 25.5 Å². The number of benzene rings is 13. The summed E-state index contributed by atoms with van der Waals surface area (Å²) in [6.07, 6.45) is 7.45. The molecule has 10 heterocycles. The molecule has 31 heteroatoms. The molecule has 23 rings (SSSR count). The van der Waals surface area contributed by atoms with Crippen LogP contribution < -0.4 is 45.5 Å². The third-order valence-electron chi connectivity index (χ3n) is 23.1. The molecule has 0 unspecified atom stereocenters. The van der Waals surface area contributed by atoms with Crippen LogP contribution in [0.3, 0.4) is 0 Å². The van der Waals surface area contributed by atoms with Gasteiger partial charge in [0.25, 0.3) is 0 Å². The third-order valence-corrected chi connectivity index (χ3v) is 23.1. The molecule has 0 bridgehead atoms. The van der Waals surface area contributed by atoms with Gasteiger partial charge in [-0.25, -0.2) is 49.8 Å². The van der Waals surface area contributed by atoms with E-state index in [2.05, 4.69) is 182 Å². The number of aromatic amines is 5. The fraction of sp³-hybridized carbons (Fsp3) is 0.0541. The van der Waals surface area contributed by atoms with E-state index in [1.807, 2.05) is 273 Å². The van der Waals surface area contributed by atoms with E-state index in [1.165, 1.54) is 37.2 Å². The van der Waals surface area contributed by atoms with Crippen LogP contribution in [0.1, 0.15) is 34.6 Å². The van der Waals surface area contributed by atoms with Crippen molar-refractivity contribution >= 4 is 124 Å². The van der Waals surface area contributed by atoms with Gasteiger partial charge in [-0.15, -0.1) is 0 Å². The minimum atomic E-state index is -0.00210. The molecule has 0 saturated heterocycles. The maximum Gasteiger partial charge on any atom is 0.186 e. The van der Waals surface area contributed by atoms with Crippen LogP contribution in [0, 0.1) is 0 Å². The van der Waals surface area contributed by atoms with E-state index in [0.717, 1.165) is 157 Å². The molecule has 142 heavy (non-hydrogen) atoms. The first-order valence-corrected chi connectivity index (χ1v) is 45.0. The zero-order chi connectivity index (χ0) is 97.0. The number of methoxy groups -OCH3 is 4. The number of aromatic nitrogens is 20. The Bertz CT molecular complexity index is 8360. The molecule has 0 aliphatic carbocycles. The van der Waals surface area contributed by atoms with Crippen molar-refractivity contribution in [2.24, 2.45) is 0 Å². The standard InChI is InChI=1S/C26H21N5O2.C24H19N5O.C23H17N5.C20H17N5O2.C18H15N5O/c1-16(32)18-9-6-10-20(13-18)24-23-25(27-15-28-26(23)31-30-24)29-21-14-19(11-12-22(21)33-2)17-7-4-3-5-8-17;1-30-20-13-12-18(16-8-4-2-5-9-16)14-19(20)27-23-21-22(17-10-6-3-7-11-17)28-29-24(21)26-15-25-23;1-3-8-16(9-4-1)18-12-7-13-19(14-18)26-22-20-21(17-10-5-2-6-11-17)27-28-23(20)25-15-24-22;1-12(26)13-6-5-7-14(10-13)18-17-19(21-11-22-20(17)25-24-18)23-15-8-3-4-9-16(15)27-2;1-24-14-10-6-5-9-13(14)21-17-15-16(12-7-3-2-4-8-12)22-23-18(15)20-11-19-17/h3-15H,1-2H3,(H2,27,28,29,30,31);2-15H,1H3,(H2,25,26,27,28,29);1-15H,(H2,24,25,26,27,28);3-11H,1-2H3,(H2,21,22,23,24,25);2-11H,1H3,(H2,19,20,21,22,23). The molecule has 13 aromatic carbocycles. The Morgan fingerprint density at radius 2 is 0.465 bits per heavy atom. The monoisotopic (exact) mass is 1870 g/mol. The van der Waals surface area contributed by atoms with E-state index >= 15 is 0 Å². The lowest BCUT2D eigenvalue weighted by molar-refractivity contribution is 0.100. The Balaban J connectivity index is 0.000000113. The van der Waals surface area contributed by atoms with Crippen LogP contribution in [0.5, 0.6) is 23.0 Å². The molecule has 694 valence electrons. The van der Waals surface area contributed by atoms with Gasteiger partial charge in [0.15, 0.2) is 39.8 Å². The number of para-hydroxylation sites is 4. The first kappa shape index (κ1) is 91.3. The zero-order valence-electron chi connectivity index (χ0n) is 77.4. The molecule has 31 nitrogen and oxygen atoms in total. The van der Waals surface area contributed by atoms with E-state index in [4.69, 9.17) is 18.9 Å². The summed E-state index contributed by atoms with van der Waals surface area (Å²) < 4.78 is 22.0. The van der Waals surface area contributed by atoms with Crippen LogP contribution in [0.2, 0.25) is 0 Å². The van der Waals surface area contributed by atoms with E-state index < -0.39 is 0 Å². The van der Waals surface area contributed by atoms with Crippen molar-refractivity contribution in [1.82, 2.24) is 101 Å². The molecule has 0 amide bonds. The van der Waals surface area contributed by atoms with Gasteiger partial charge in [0.2, 0.25) is 0 Å². The summed E-state index contributed by atoms with van der Waals surface area (Å²) >= 11 is 0. The Labute approximate surface area is 812 Å². The first-order chi connectivity index (χ1) is 69.9. The van der Waals surface area contributed by atoms with Crippen molar-refractivity contribution in [1.29, 1.82) is 0 Å². The second-order valence-corrected chi connectivity index (χ2v) is 32.0. The topological polar surface area (TPSA) is 404 Å².